The van der Waals surface area contributed by atoms with E-state index in [0.29, 0.717) is 5.92 Å². The molecule has 3 fully saturated rings. The van der Waals surface area contributed by atoms with Crippen molar-refractivity contribution in [3.05, 3.63) is 11.6 Å². The Morgan fingerprint density at radius 2 is 1.91 bits per heavy atom. The highest BCUT2D eigenvalue weighted by Crippen LogP contribution is 2.64. The molecule has 0 heterocycles. The molecule has 0 bridgehead atoms. The van der Waals surface area contributed by atoms with Crippen molar-refractivity contribution in [2.45, 2.75) is 71.0 Å². The zero-order chi connectivity index (χ0) is 15.5. The fourth-order valence-electron chi connectivity index (χ4n) is 6.60. The van der Waals surface area contributed by atoms with Crippen LogP contribution in [0.1, 0.15) is 64.7 Å². The van der Waals surface area contributed by atoms with Crippen LogP contribution in [-0.2, 0) is 4.79 Å². The summed E-state index contributed by atoms with van der Waals surface area (Å²) in [5.41, 5.74) is 1.17. The van der Waals surface area contributed by atoms with Crippen LogP contribution in [0.2, 0.25) is 0 Å². The molecule has 0 aromatic heterocycles. The molecule has 122 valence electrons. The van der Waals surface area contributed by atoms with Crippen molar-refractivity contribution in [2.75, 3.05) is 0 Å². The van der Waals surface area contributed by atoms with Gasteiger partial charge in [0.2, 0.25) is 0 Å². The van der Waals surface area contributed by atoms with Crippen molar-refractivity contribution in [2.24, 2.45) is 28.6 Å². The minimum Gasteiger partial charge on any atom is -0.368 e. The highest BCUT2D eigenvalue weighted by Gasteiger charge is 2.61. The molecule has 3 saturated carbocycles. The fraction of sp³-hybridized carbons (Fsp3) is 0.842. The average Bonchev–Trinajstić information content (AvgIpc) is 2.93. The van der Waals surface area contributed by atoms with E-state index < -0.39 is 11.7 Å². The number of fused-ring (bicyclic) bond motifs is 5. The van der Waals surface area contributed by atoms with E-state index in [1.165, 1.54) is 24.8 Å². The Kier molecular flexibility index (Phi) is 3.32. The molecule has 0 aliphatic heterocycles. The van der Waals surface area contributed by atoms with Gasteiger partial charge in [0, 0.05) is 11.3 Å². The molecule has 2 N–H and O–H groups in total. The van der Waals surface area contributed by atoms with Crippen molar-refractivity contribution in [1.29, 1.82) is 0 Å². The van der Waals surface area contributed by atoms with E-state index >= 15 is 0 Å². The summed E-state index contributed by atoms with van der Waals surface area (Å²) < 4.78 is 0. The van der Waals surface area contributed by atoms with Crippen molar-refractivity contribution >= 4 is 5.78 Å². The summed E-state index contributed by atoms with van der Waals surface area (Å²) in [6.45, 7) is 2.37. The van der Waals surface area contributed by atoms with Crippen molar-refractivity contribution in [3.8, 4) is 0 Å². The second kappa shape index (κ2) is 4.91. The summed E-state index contributed by atoms with van der Waals surface area (Å²) >= 11 is 0. The Morgan fingerprint density at radius 1 is 1.09 bits per heavy atom. The number of aliphatic hydroxyl groups is 2. The summed E-state index contributed by atoms with van der Waals surface area (Å²) in [5, 5.41) is 20.1. The number of carbonyl (C=O) groups excluding carboxylic acids is 1. The number of aliphatic hydroxyl groups excluding tert-OH is 1. The molecule has 0 saturated heterocycles. The number of ketones is 1. The molecular weight excluding hydrogens is 276 g/mol. The van der Waals surface area contributed by atoms with Crippen LogP contribution in [0.5, 0.6) is 0 Å². The standard InChI is InChI=1S/C19H28O3/c1-18-8-3-2-5-12(18)11-15(20)16-13(18)7-10-19(17(21)22)9-4-6-14(16)19/h11,13-14,16-17,21-22H,2-10H2,1H3/t13-,14-,16+,18-,19+/m0/s1. The van der Waals surface area contributed by atoms with Crippen molar-refractivity contribution in [1.82, 2.24) is 0 Å². The van der Waals surface area contributed by atoms with E-state index in [4.69, 9.17) is 0 Å². The lowest BCUT2D eigenvalue weighted by atomic mass is 9.47. The second-order valence-corrected chi connectivity index (χ2v) is 8.47. The molecule has 5 atom stereocenters. The first-order valence-electron chi connectivity index (χ1n) is 9.10. The molecule has 0 aromatic rings. The van der Waals surface area contributed by atoms with Gasteiger partial charge in [0.05, 0.1) is 0 Å². The van der Waals surface area contributed by atoms with Crippen LogP contribution in [0.25, 0.3) is 0 Å². The first-order chi connectivity index (χ1) is 10.5. The van der Waals surface area contributed by atoms with Crippen LogP contribution in [-0.4, -0.2) is 22.3 Å². The van der Waals surface area contributed by atoms with E-state index in [1.54, 1.807) is 0 Å². The predicted octanol–water partition coefficient (Wildman–Crippen LogP) is 3.20. The van der Waals surface area contributed by atoms with Gasteiger partial charge in [0.1, 0.15) is 0 Å². The van der Waals surface area contributed by atoms with Gasteiger partial charge in [-0.1, -0.05) is 25.3 Å². The van der Waals surface area contributed by atoms with Gasteiger partial charge in [-0.05, 0) is 68.3 Å². The Labute approximate surface area is 132 Å². The van der Waals surface area contributed by atoms with E-state index in [-0.39, 0.29) is 23.0 Å². The Hall–Kier alpha value is -0.670. The van der Waals surface area contributed by atoms with Crippen LogP contribution < -0.4 is 0 Å². The number of hydrogen-bond acceptors (Lipinski definition) is 3. The highest BCUT2D eigenvalue weighted by molar-refractivity contribution is 5.94. The normalized spacial score (nSPS) is 47.7. The number of rotatable bonds is 1. The zero-order valence-corrected chi connectivity index (χ0v) is 13.6. The minimum absolute atomic E-state index is 0.0323. The lowest BCUT2D eigenvalue weighted by Crippen LogP contribution is -2.55. The molecule has 0 unspecified atom stereocenters. The van der Waals surface area contributed by atoms with Gasteiger partial charge >= 0.3 is 0 Å². The monoisotopic (exact) mass is 304 g/mol. The Bertz CT molecular complexity index is 523. The van der Waals surface area contributed by atoms with Gasteiger partial charge in [-0.15, -0.1) is 0 Å². The molecular formula is C19H28O3. The minimum atomic E-state index is -1.27. The number of hydrogen-bond donors (Lipinski definition) is 2. The van der Waals surface area contributed by atoms with Crippen molar-refractivity contribution < 1.29 is 15.0 Å². The fourth-order valence-corrected chi connectivity index (χ4v) is 6.60. The van der Waals surface area contributed by atoms with Crippen LogP contribution >= 0.6 is 0 Å². The molecule has 3 heteroatoms. The molecule has 0 spiro atoms. The molecule has 4 rings (SSSR count). The third-order valence-electron chi connectivity index (χ3n) is 7.79. The second-order valence-electron chi connectivity index (χ2n) is 8.47. The quantitative estimate of drug-likeness (QED) is 0.731. The molecule has 4 aliphatic carbocycles. The van der Waals surface area contributed by atoms with E-state index in [1.807, 2.05) is 6.08 Å². The van der Waals surface area contributed by atoms with Gasteiger partial charge in [-0.2, -0.15) is 0 Å². The maximum atomic E-state index is 12.9. The first kappa shape index (κ1) is 14.9. The third-order valence-corrected chi connectivity index (χ3v) is 7.79. The summed E-state index contributed by atoms with van der Waals surface area (Å²) in [6.07, 6.45) is 10.2. The molecule has 3 nitrogen and oxygen atoms in total. The van der Waals surface area contributed by atoms with Crippen molar-refractivity contribution in [3.63, 3.8) is 0 Å². The molecule has 0 aromatic carbocycles. The maximum absolute atomic E-state index is 12.9. The third kappa shape index (κ3) is 1.78. The van der Waals surface area contributed by atoms with E-state index in [0.717, 1.165) is 38.5 Å². The molecule has 0 radical (unpaired) electrons. The van der Waals surface area contributed by atoms with Gasteiger partial charge in [0.25, 0.3) is 0 Å². The van der Waals surface area contributed by atoms with Gasteiger partial charge in [-0.25, -0.2) is 0 Å². The Morgan fingerprint density at radius 3 is 2.68 bits per heavy atom. The van der Waals surface area contributed by atoms with Gasteiger partial charge < -0.3 is 10.2 Å². The summed E-state index contributed by atoms with van der Waals surface area (Å²) in [7, 11) is 0. The predicted molar refractivity (Wildman–Crippen MR) is 83.9 cm³/mol. The SMILES string of the molecule is C[C@]12CCCCC1=CC(=O)[C@H]1[C@@H]3CCC[C@@]3(C(O)O)CC[C@@H]12. The molecule has 22 heavy (non-hydrogen) atoms. The largest absolute Gasteiger partial charge is 0.368 e. The molecule has 0 amide bonds. The van der Waals surface area contributed by atoms with Crippen LogP contribution in [0.3, 0.4) is 0 Å². The number of allylic oxidation sites excluding steroid dienone is 2. The first-order valence-corrected chi connectivity index (χ1v) is 9.10. The smallest absolute Gasteiger partial charge is 0.159 e. The average molecular weight is 304 g/mol. The lowest BCUT2D eigenvalue weighted by Gasteiger charge is -2.56. The van der Waals surface area contributed by atoms with Crippen LogP contribution in [0, 0.1) is 28.6 Å². The Balaban J connectivity index is 1.76. The highest BCUT2D eigenvalue weighted by atomic mass is 16.5. The zero-order valence-electron chi connectivity index (χ0n) is 13.6. The van der Waals surface area contributed by atoms with Gasteiger partial charge in [-0.3, -0.25) is 4.79 Å². The summed E-state index contributed by atoms with van der Waals surface area (Å²) in [4.78, 5) is 12.9. The topological polar surface area (TPSA) is 57.5 Å². The van der Waals surface area contributed by atoms with E-state index in [9.17, 15) is 15.0 Å². The molecule has 4 aliphatic rings. The maximum Gasteiger partial charge on any atom is 0.159 e. The van der Waals surface area contributed by atoms with Crippen LogP contribution in [0.15, 0.2) is 11.6 Å². The summed E-state index contributed by atoms with van der Waals surface area (Å²) in [6, 6.07) is 0. The summed E-state index contributed by atoms with van der Waals surface area (Å²) in [5.74, 6) is 0.923. The van der Waals surface area contributed by atoms with E-state index in [2.05, 4.69) is 6.92 Å². The van der Waals surface area contributed by atoms with Crippen LogP contribution in [0.4, 0.5) is 0 Å². The lowest BCUT2D eigenvalue weighted by molar-refractivity contribution is -0.187. The number of carbonyl (C=O) groups is 1. The van der Waals surface area contributed by atoms with Gasteiger partial charge in [0.15, 0.2) is 12.1 Å².